The molecular formula is C50H30O2. The van der Waals surface area contributed by atoms with Gasteiger partial charge in [-0.05, 0) is 102 Å². The molecule has 0 fully saturated rings. The summed E-state index contributed by atoms with van der Waals surface area (Å²) < 4.78 is 12.7. The van der Waals surface area contributed by atoms with Gasteiger partial charge in [-0.25, -0.2) is 0 Å². The van der Waals surface area contributed by atoms with Crippen molar-refractivity contribution < 1.29 is 8.83 Å². The average molecular weight is 663 g/mol. The maximum atomic E-state index is 6.42. The predicted octanol–water partition coefficient (Wildman–Crippen LogP) is 14.5. The summed E-state index contributed by atoms with van der Waals surface area (Å²) in [7, 11) is 0. The molecule has 11 aromatic rings. The molecule has 0 saturated carbocycles. The Morgan fingerprint density at radius 3 is 1.38 bits per heavy atom. The average Bonchev–Trinajstić information content (AvgIpc) is 3.77. The number of fused-ring (bicyclic) bond motifs is 8. The van der Waals surface area contributed by atoms with Crippen LogP contribution in [0.15, 0.2) is 191 Å². The Morgan fingerprint density at radius 1 is 0.231 bits per heavy atom. The lowest BCUT2D eigenvalue weighted by Crippen LogP contribution is -1.95. The summed E-state index contributed by atoms with van der Waals surface area (Å²) in [5, 5.41) is 9.37. The highest BCUT2D eigenvalue weighted by Gasteiger charge is 2.23. The van der Waals surface area contributed by atoms with Crippen molar-refractivity contribution in [1.82, 2.24) is 0 Å². The smallest absolute Gasteiger partial charge is 0.136 e. The number of furan rings is 2. The van der Waals surface area contributed by atoms with Crippen LogP contribution in [0.2, 0.25) is 0 Å². The lowest BCUT2D eigenvalue weighted by molar-refractivity contribution is 0.668. The van der Waals surface area contributed by atoms with Crippen molar-refractivity contribution in [3.05, 3.63) is 182 Å². The molecule has 2 aromatic heterocycles. The van der Waals surface area contributed by atoms with Gasteiger partial charge in [-0.15, -0.1) is 0 Å². The molecule has 0 saturated heterocycles. The van der Waals surface area contributed by atoms with E-state index in [9.17, 15) is 0 Å². The highest BCUT2D eigenvalue weighted by atomic mass is 16.3. The highest BCUT2D eigenvalue weighted by Crippen LogP contribution is 2.50. The fraction of sp³-hybridized carbons (Fsp3) is 0. The van der Waals surface area contributed by atoms with Crippen LogP contribution < -0.4 is 0 Å². The summed E-state index contributed by atoms with van der Waals surface area (Å²) in [6.45, 7) is 0. The first-order valence-electron chi connectivity index (χ1n) is 17.8. The van der Waals surface area contributed by atoms with Crippen molar-refractivity contribution in [3.63, 3.8) is 0 Å². The highest BCUT2D eigenvalue weighted by molar-refractivity contribution is 6.24. The molecule has 0 aliphatic carbocycles. The van der Waals surface area contributed by atoms with Gasteiger partial charge in [0.2, 0.25) is 0 Å². The van der Waals surface area contributed by atoms with Crippen LogP contribution in [-0.2, 0) is 0 Å². The third kappa shape index (κ3) is 4.31. The third-order valence-electron chi connectivity index (χ3n) is 10.7. The van der Waals surface area contributed by atoms with Gasteiger partial charge in [0, 0.05) is 21.5 Å². The molecule has 0 radical (unpaired) electrons. The molecule has 0 atom stereocenters. The van der Waals surface area contributed by atoms with Crippen molar-refractivity contribution in [2.75, 3.05) is 0 Å². The van der Waals surface area contributed by atoms with Gasteiger partial charge in [0.25, 0.3) is 0 Å². The Hall–Kier alpha value is -6.90. The largest absolute Gasteiger partial charge is 0.456 e. The molecular weight excluding hydrogens is 633 g/mol. The van der Waals surface area contributed by atoms with E-state index >= 15 is 0 Å². The molecule has 2 nitrogen and oxygen atoms in total. The predicted molar refractivity (Wildman–Crippen MR) is 218 cm³/mol. The molecule has 0 bridgehead atoms. The normalized spacial score (nSPS) is 11.8. The SMILES string of the molecule is c1ccc(-c2cccc(-c3ccc4c(c3)oc3ccccc34)c2-c2c3ccccc3c(-c3ccc4oc5ccccc5c4c3)c3ccccc23)cc1. The third-order valence-corrected chi connectivity index (χ3v) is 10.7. The summed E-state index contributed by atoms with van der Waals surface area (Å²) in [6.07, 6.45) is 0. The number of rotatable bonds is 4. The summed E-state index contributed by atoms with van der Waals surface area (Å²) in [5.41, 5.74) is 13.1. The van der Waals surface area contributed by atoms with Gasteiger partial charge in [-0.1, -0.05) is 146 Å². The Morgan fingerprint density at radius 2 is 0.712 bits per heavy atom. The van der Waals surface area contributed by atoms with Gasteiger partial charge >= 0.3 is 0 Å². The summed E-state index contributed by atoms with van der Waals surface area (Å²) in [6, 6.07) is 65.2. The molecule has 2 heterocycles. The molecule has 9 aromatic carbocycles. The number of benzene rings is 9. The minimum Gasteiger partial charge on any atom is -0.456 e. The number of para-hydroxylation sites is 2. The van der Waals surface area contributed by atoms with Gasteiger partial charge < -0.3 is 8.83 Å². The van der Waals surface area contributed by atoms with Crippen LogP contribution in [0.4, 0.5) is 0 Å². The minimum absolute atomic E-state index is 0.891. The van der Waals surface area contributed by atoms with E-state index < -0.39 is 0 Å². The van der Waals surface area contributed by atoms with Crippen LogP contribution >= 0.6 is 0 Å². The van der Waals surface area contributed by atoms with Crippen molar-refractivity contribution in [3.8, 4) is 44.5 Å². The monoisotopic (exact) mass is 662 g/mol. The van der Waals surface area contributed by atoms with Gasteiger partial charge in [0.05, 0.1) is 0 Å². The topological polar surface area (TPSA) is 26.3 Å². The van der Waals surface area contributed by atoms with Crippen molar-refractivity contribution in [1.29, 1.82) is 0 Å². The Bertz CT molecular complexity index is 3120. The summed E-state index contributed by atoms with van der Waals surface area (Å²) in [4.78, 5) is 0. The van der Waals surface area contributed by atoms with Crippen LogP contribution in [0.3, 0.4) is 0 Å². The molecule has 0 spiro atoms. The van der Waals surface area contributed by atoms with E-state index in [0.29, 0.717) is 0 Å². The Labute approximate surface area is 299 Å². The van der Waals surface area contributed by atoms with Crippen molar-refractivity contribution in [2.45, 2.75) is 0 Å². The molecule has 242 valence electrons. The van der Waals surface area contributed by atoms with E-state index in [1.807, 2.05) is 24.3 Å². The van der Waals surface area contributed by atoms with Crippen LogP contribution in [0.5, 0.6) is 0 Å². The first-order valence-corrected chi connectivity index (χ1v) is 17.8. The molecule has 52 heavy (non-hydrogen) atoms. The van der Waals surface area contributed by atoms with Gasteiger partial charge in [-0.2, -0.15) is 0 Å². The number of hydrogen-bond acceptors (Lipinski definition) is 2. The van der Waals surface area contributed by atoms with E-state index in [0.717, 1.165) is 55.0 Å². The Balaban J connectivity index is 1.24. The zero-order valence-corrected chi connectivity index (χ0v) is 28.1. The molecule has 0 amide bonds. The molecule has 0 aliphatic heterocycles. The first-order chi connectivity index (χ1) is 25.8. The molecule has 2 heteroatoms. The van der Waals surface area contributed by atoms with E-state index in [4.69, 9.17) is 8.83 Å². The van der Waals surface area contributed by atoms with Gasteiger partial charge in [0.1, 0.15) is 22.3 Å². The van der Waals surface area contributed by atoms with E-state index in [1.54, 1.807) is 0 Å². The maximum absolute atomic E-state index is 6.42. The van der Waals surface area contributed by atoms with Crippen LogP contribution in [0, 0.1) is 0 Å². The molecule has 0 aliphatic rings. The summed E-state index contributed by atoms with van der Waals surface area (Å²) >= 11 is 0. The van der Waals surface area contributed by atoms with Crippen LogP contribution in [0.1, 0.15) is 0 Å². The van der Waals surface area contributed by atoms with Gasteiger partial charge in [0.15, 0.2) is 0 Å². The fourth-order valence-electron chi connectivity index (χ4n) is 8.40. The van der Waals surface area contributed by atoms with Crippen LogP contribution in [0.25, 0.3) is 110 Å². The second-order valence-electron chi connectivity index (χ2n) is 13.6. The quantitative estimate of drug-likeness (QED) is 0.175. The first kappa shape index (κ1) is 28.9. The van der Waals surface area contributed by atoms with Crippen LogP contribution in [-0.4, -0.2) is 0 Å². The standard InChI is InChI=1S/C50H30O2/c1-2-13-31(14-3-1)34-21-12-22-35(32-25-27-38-36-15-8-10-23-44(36)52-47(38)30-32)49(34)50-41-19-6-4-17-39(41)48(40-18-5-7-20-42(40)50)33-26-28-46-43(29-33)37-16-9-11-24-45(37)51-46/h1-30H. The van der Waals surface area contributed by atoms with E-state index in [2.05, 4.69) is 158 Å². The molecule has 11 rings (SSSR count). The lowest BCUT2D eigenvalue weighted by Gasteiger charge is -2.22. The maximum Gasteiger partial charge on any atom is 0.136 e. The molecule has 0 N–H and O–H groups in total. The van der Waals surface area contributed by atoms with E-state index in [-0.39, 0.29) is 0 Å². The number of hydrogen-bond donors (Lipinski definition) is 0. The second-order valence-corrected chi connectivity index (χ2v) is 13.6. The van der Waals surface area contributed by atoms with Crippen molar-refractivity contribution in [2.24, 2.45) is 0 Å². The fourth-order valence-corrected chi connectivity index (χ4v) is 8.40. The summed E-state index contributed by atoms with van der Waals surface area (Å²) in [5.74, 6) is 0. The minimum atomic E-state index is 0.891. The zero-order valence-electron chi connectivity index (χ0n) is 28.1. The lowest BCUT2D eigenvalue weighted by atomic mass is 9.81. The van der Waals surface area contributed by atoms with Crippen molar-refractivity contribution >= 4 is 65.4 Å². The van der Waals surface area contributed by atoms with Gasteiger partial charge in [-0.3, -0.25) is 0 Å². The Kier molecular flexibility index (Phi) is 6.28. The molecule has 0 unspecified atom stereocenters. The zero-order chi connectivity index (χ0) is 34.2. The second kappa shape index (κ2) is 11.3. The van der Waals surface area contributed by atoms with E-state index in [1.165, 1.54) is 54.9 Å².